The number of fused-ring (bicyclic) bond motifs is 1. The van der Waals surface area contributed by atoms with E-state index in [1.54, 1.807) is 11.3 Å². The normalized spacial score (nSPS) is 14.4. The molecular weight excluding hydrogens is 302 g/mol. The van der Waals surface area contributed by atoms with Gasteiger partial charge in [-0.2, -0.15) is 0 Å². The number of aromatic nitrogens is 1. The minimum absolute atomic E-state index is 0.184. The van der Waals surface area contributed by atoms with Gasteiger partial charge in [0.1, 0.15) is 0 Å². The van der Waals surface area contributed by atoms with Gasteiger partial charge in [0.2, 0.25) is 0 Å². The highest BCUT2D eigenvalue weighted by Gasteiger charge is 2.26. The molecule has 5 heteroatoms. The Morgan fingerprint density at radius 3 is 2.76 bits per heavy atom. The summed E-state index contributed by atoms with van der Waals surface area (Å²) in [6, 6.07) is 8.04. The summed E-state index contributed by atoms with van der Waals surface area (Å²) in [7, 11) is 0. The predicted molar refractivity (Wildman–Crippen MR) is 91.1 cm³/mol. The van der Waals surface area contributed by atoms with Crippen molar-refractivity contribution < 1.29 is 10.2 Å². The highest BCUT2D eigenvalue weighted by atomic mass is 32.2. The van der Waals surface area contributed by atoms with Crippen LogP contribution in [0.1, 0.15) is 39.0 Å². The molecule has 1 atom stereocenters. The Balaban J connectivity index is 1.89. The molecule has 0 aliphatic heterocycles. The molecule has 0 saturated carbocycles. The van der Waals surface area contributed by atoms with Crippen LogP contribution in [0.3, 0.4) is 0 Å². The number of rotatable bonds is 9. The minimum atomic E-state index is -0.990. The fraction of sp³-hybridized carbons (Fsp3) is 0.562. The molecule has 1 aromatic carbocycles. The molecule has 0 saturated heterocycles. The van der Waals surface area contributed by atoms with Gasteiger partial charge in [-0.05, 0) is 18.6 Å². The Kier molecular flexibility index (Phi) is 6.48. The molecule has 0 fully saturated rings. The molecule has 2 aromatic rings. The van der Waals surface area contributed by atoms with Gasteiger partial charge in [-0.25, -0.2) is 4.98 Å². The molecule has 0 amide bonds. The van der Waals surface area contributed by atoms with Gasteiger partial charge in [0.05, 0.1) is 22.4 Å². The molecule has 2 N–H and O–H groups in total. The molecule has 21 heavy (non-hydrogen) atoms. The Labute approximate surface area is 134 Å². The number of thioether (sulfide) groups is 1. The predicted octanol–water partition coefficient (Wildman–Crippen LogP) is 4.08. The minimum Gasteiger partial charge on any atom is -0.393 e. The number of unbranched alkanes of at least 4 members (excludes halogenated alkanes) is 3. The molecule has 0 radical (unpaired) electrons. The molecule has 0 spiro atoms. The smallest absolute Gasteiger partial charge is 0.151 e. The standard InChI is InChI=1S/C16H23NO2S2/c1-2-3-4-7-10-16(19,11-18)12-20-15-17-13-8-5-6-9-14(13)21-15/h5-6,8-9,18-19H,2-4,7,10-12H2,1H3/t16-/m1/s1. The van der Waals surface area contributed by atoms with Crippen LogP contribution in [0.15, 0.2) is 28.6 Å². The Bertz CT molecular complexity index is 525. The zero-order chi connectivity index (χ0) is 15.1. The summed E-state index contributed by atoms with van der Waals surface area (Å²) in [4.78, 5) is 4.55. The Hall–Kier alpha value is -0.620. The van der Waals surface area contributed by atoms with E-state index >= 15 is 0 Å². The van der Waals surface area contributed by atoms with E-state index in [1.807, 2.05) is 18.2 Å². The molecule has 0 aliphatic rings. The van der Waals surface area contributed by atoms with Crippen LogP contribution in [-0.4, -0.2) is 33.2 Å². The lowest BCUT2D eigenvalue weighted by molar-refractivity contribution is -0.00271. The van der Waals surface area contributed by atoms with E-state index in [9.17, 15) is 10.2 Å². The topological polar surface area (TPSA) is 53.4 Å². The number of aliphatic hydroxyl groups excluding tert-OH is 1. The number of aliphatic hydroxyl groups is 2. The van der Waals surface area contributed by atoms with Gasteiger partial charge < -0.3 is 10.2 Å². The second kappa shape index (κ2) is 8.13. The van der Waals surface area contributed by atoms with Crippen molar-refractivity contribution in [3.63, 3.8) is 0 Å². The highest BCUT2D eigenvalue weighted by Crippen LogP contribution is 2.32. The first-order chi connectivity index (χ1) is 10.2. The van der Waals surface area contributed by atoms with Gasteiger partial charge in [-0.3, -0.25) is 0 Å². The van der Waals surface area contributed by atoms with Crippen LogP contribution in [0, 0.1) is 0 Å². The summed E-state index contributed by atoms with van der Waals surface area (Å²) in [5, 5.41) is 19.9. The lowest BCUT2D eigenvalue weighted by Gasteiger charge is -2.24. The van der Waals surface area contributed by atoms with Crippen molar-refractivity contribution in [2.45, 2.75) is 49.0 Å². The maximum Gasteiger partial charge on any atom is 0.151 e. The van der Waals surface area contributed by atoms with Crippen LogP contribution >= 0.6 is 23.1 Å². The zero-order valence-electron chi connectivity index (χ0n) is 12.4. The zero-order valence-corrected chi connectivity index (χ0v) is 14.1. The van der Waals surface area contributed by atoms with E-state index < -0.39 is 5.60 Å². The lowest BCUT2D eigenvalue weighted by Crippen LogP contribution is -2.36. The average molecular weight is 325 g/mol. The van der Waals surface area contributed by atoms with Crippen LogP contribution in [0.5, 0.6) is 0 Å². The maximum atomic E-state index is 10.5. The molecule has 0 unspecified atom stereocenters. The lowest BCUT2D eigenvalue weighted by atomic mass is 9.99. The first-order valence-electron chi connectivity index (χ1n) is 7.48. The summed E-state index contributed by atoms with van der Waals surface area (Å²) in [5.74, 6) is 0.495. The van der Waals surface area contributed by atoms with Gasteiger partial charge in [0.15, 0.2) is 4.34 Å². The monoisotopic (exact) mass is 325 g/mol. The quantitative estimate of drug-likeness (QED) is 0.539. The summed E-state index contributed by atoms with van der Waals surface area (Å²) in [6.07, 6.45) is 5.10. The van der Waals surface area contributed by atoms with E-state index in [4.69, 9.17) is 0 Å². The van der Waals surface area contributed by atoms with E-state index in [2.05, 4.69) is 18.0 Å². The molecule has 3 nitrogen and oxygen atoms in total. The van der Waals surface area contributed by atoms with Gasteiger partial charge >= 0.3 is 0 Å². The van der Waals surface area contributed by atoms with Crippen molar-refractivity contribution in [2.75, 3.05) is 12.4 Å². The van der Waals surface area contributed by atoms with Gasteiger partial charge in [-0.15, -0.1) is 11.3 Å². The van der Waals surface area contributed by atoms with Gasteiger partial charge in [-0.1, -0.05) is 56.5 Å². The Morgan fingerprint density at radius 1 is 1.24 bits per heavy atom. The molecule has 116 valence electrons. The van der Waals surface area contributed by atoms with Crippen molar-refractivity contribution in [1.29, 1.82) is 0 Å². The summed E-state index contributed by atoms with van der Waals surface area (Å²) in [5.41, 5.74) is 0.0106. The van der Waals surface area contributed by atoms with Crippen LogP contribution in [0.4, 0.5) is 0 Å². The van der Waals surface area contributed by atoms with Crippen LogP contribution < -0.4 is 0 Å². The van der Waals surface area contributed by atoms with E-state index in [1.165, 1.54) is 24.6 Å². The van der Waals surface area contributed by atoms with Gasteiger partial charge in [0.25, 0.3) is 0 Å². The number of hydrogen-bond acceptors (Lipinski definition) is 5. The second-order valence-electron chi connectivity index (χ2n) is 5.43. The summed E-state index contributed by atoms with van der Waals surface area (Å²) >= 11 is 3.18. The van der Waals surface area contributed by atoms with E-state index in [0.29, 0.717) is 12.2 Å². The van der Waals surface area contributed by atoms with E-state index in [-0.39, 0.29) is 6.61 Å². The number of thiazole rings is 1. The van der Waals surface area contributed by atoms with E-state index in [0.717, 1.165) is 27.4 Å². The number of para-hydroxylation sites is 1. The SMILES string of the molecule is CCCCCC[C@@](O)(CO)CSc1nc2ccccc2s1. The summed E-state index contributed by atoms with van der Waals surface area (Å²) < 4.78 is 2.12. The molecule has 0 aliphatic carbocycles. The number of nitrogens with zero attached hydrogens (tertiary/aromatic N) is 1. The first-order valence-corrected chi connectivity index (χ1v) is 9.29. The van der Waals surface area contributed by atoms with Crippen LogP contribution in [-0.2, 0) is 0 Å². The molecule has 1 heterocycles. The maximum absolute atomic E-state index is 10.5. The van der Waals surface area contributed by atoms with Crippen molar-refractivity contribution in [2.24, 2.45) is 0 Å². The van der Waals surface area contributed by atoms with Crippen LogP contribution in [0.2, 0.25) is 0 Å². The van der Waals surface area contributed by atoms with Crippen molar-refractivity contribution in [3.05, 3.63) is 24.3 Å². The third-order valence-corrected chi connectivity index (χ3v) is 5.98. The first kappa shape index (κ1) is 16.7. The second-order valence-corrected chi connectivity index (χ2v) is 7.68. The third kappa shape index (κ3) is 4.95. The highest BCUT2D eigenvalue weighted by molar-refractivity contribution is 8.01. The molecular formula is C16H23NO2S2. The Morgan fingerprint density at radius 2 is 2.05 bits per heavy atom. The average Bonchev–Trinajstić information content (AvgIpc) is 2.93. The van der Waals surface area contributed by atoms with Crippen molar-refractivity contribution in [3.8, 4) is 0 Å². The molecule has 2 rings (SSSR count). The fourth-order valence-corrected chi connectivity index (χ4v) is 4.36. The van der Waals surface area contributed by atoms with Crippen molar-refractivity contribution in [1.82, 2.24) is 4.98 Å². The number of hydrogen-bond donors (Lipinski definition) is 2. The third-order valence-electron chi connectivity index (χ3n) is 3.53. The van der Waals surface area contributed by atoms with Gasteiger partial charge in [0, 0.05) is 5.75 Å². The summed E-state index contributed by atoms with van der Waals surface area (Å²) in [6.45, 7) is 1.98. The molecule has 0 bridgehead atoms. The van der Waals surface area contributed by atoms with Crippen molar-refractivity contribution >= 4 is 33.3 Å². The van der Waals surface area contributed by atoms with Crippen LogP contribution in [0.25, 0.3) is 10.2 Å². The molecule has 1 aromatic heterocycles. The largest absolute Gasteiger partial charge is 0.393 e. The number of benzene rings is 1. The fourth-order valence-electron chi connectivity index (χ4n) is 2.19.